The van der Waals surface area contributed by atoms with E-state index in [0.29, 0.717) is 6.42 Å². The van der Waals surface area contributed by atoms with Gasteiger partial charge in [0.15, 0.2) is 0 Å². The highest BCUT2D eigenvalue weighted by Crippen LogP contribution is 2.49. The predicted molar refractivity (Wildman–Crippen MR) is 119 cm³/mol. The van der Waals surface area contributed by atoms with Crippen molar-refractivity contribution in [2.24, 2.45) is 5.41 Å². The molecule has 1 heterocycles. The zero-order valence-corrected chi connectivity index (χ0v) is 20.1. The van der Waals surface area contributed by atoms with Crippen LogP contribution >= 0.6 is 0 Å². The lowest BCUT2D eigenvalue weighted by Gasteiger charge is -2.43. The van der Waals surface area contributed by atoms with Gasteiger partial charge in [-0.15, -0.1) is 0 Å². The third-order valence-corrected chi connectivity index (χ3v) is 6.28. The fraction of sp³-hybridized carbons (Fsp3) is 0.708. The molecule has 2 fully saturated rings. The highest BCUT2D eigenvalue weighted by Gasteiger charge is 2.54. The molecule has 3 rings (SSSR count). The van der Waals surface area contributed by atoms with Crippen LogP contribution in [0.3, 0.4) is 0 Å². The second-order valence-corrected chi connectivity index (χ2v) is 11.1. The number of carbonyl (C=O) groups excluding carboxylic acids is 1. The Kier molecular flexibility index (Phi) is 6.52. The van der Waals surface area contributed by atoms with Gasteiger partial charge in [0.2, 0.25) is 0 Å². The van der Waals surface area contributed by atoms with Gasteiger partial charge in [-0.1, -0.05) is 26.8 Å². The van der Waals surface area contributed by atoms with Crippen LogP contribution in [0.25, 0.3) is 0 Å². The molecule has 1 aliphatic heterocycles. The van der Waals surface area contributed by atoms with Gasteiger partial charge in [0.05, 0.1) is 18.8 Å². The summed E-state index contributed by atoms with van der Waals surface area (Å²) < 4.78 is 38.2. The first-order chi connectivity index (χ1) is 14.2. The minimum atomic E-state index is -0.733. The molecule has 0 spiro atoms. The van der Waals surface area contributed by atoms with Gasteiger partial charge in [-0.3, -0.25) is 0 Å². The fourth-order valence-electron chi connectivity index (χ4n) is 4.97. The summed E-state index contributed by atoms with van der Waals surface area (Å²) in [5.41, 5.74) is -0.240. The van der Waals surface area contributed by atoms with Crippen LogP contribution in [0.2, 0.25) is 5.82 Å². The first-order valence-electron chi connectivity index (χ1n) is 11.2. The average molecular weight is 434 g/mol. The second kappa shape index (κ2) is 8.40. The largest absolute Gasteiger partial charge is 0.495 e. The quantitative estimate of drug-likeness (QED) is 0.447. The van der Waals surface area contributed by atoms with Crippen molar-refractivity contribution in [3.8, 4) is 5.75 Å². The summed E-state index contributed by atoms with van der Waals surface area (Å²) in [6, 6.07) is 2.95. The summed E-state index contributed by atoms with van der Waals surface area (Å²) in [5.74, 6) is -1.18. The fourth-order valence-corrected chi connectivity index (χ4v) is 4.97. The Morgan fingerprint density at radius 1 is 1.32 bits per heavy atom. The topological polar surface area (TPSA) is 54.0 Å². The van der Waals surface area contributed by atoms with Crippen LogP contribution < -0.4 is 4.74 Å². The van der Waals surface area contributed by atoms with Crippen molar-refractivity contribution in [2.45, 2.75) is 97.3 Å². The van der Waals surface area contributed by atoms with Crippen LogP contribution in [0.5, 0.6) is 5.75 Å². The summed E-state index contributed by atoms with van der Waals surface area (Å²) in [6.07, 6.45) is 3.66. The lowest BCUT2D eigenvalue weighted by atomic mass is 9.68. The van der Waals surface area contributed by atoms with Crippen LogP contribution in [0.1, 0.15) is 83.7 Å². The van der Waals surface area contributed by atoms with Gasteiger partial charge < -0.3 is 18.8 Å². The molecule has 2 unspecified atom stereocenters. The summed E-state index contributed by atoms with van der Waals surface area (Å²) in [4.78, 5) is 12.6. The molecular weight excluding hydrogens is 398 g/mol. The minimum Gasteiger partial charge on any atom is -0.495 e. The number of esters is 1. The number of hydrogen-bond acceptors (Lipinski definition) is 5. The van der Waals surface area contributed by atoms with Gasteiger partial charge in [-0.25, -0.2) is 9.18 Å². The van der Waals surface area contributed by atoms with Crippen LogP contribution in [0.4, 0.5) is 4.39 Å². The smallest absolute Gasteiger partial charge is 0.461 e. The maximum atomic E-state index is 14.6. The number of rotatable bonds is 5. The van der Waals surface area contributed by atoms with Crippen molar-refractivity contribution >= 4 is 13.1 Å². The first kappa shape index (κ1) is 24.1. The Morgan fingerprint density at radius 3 is 2.61 bits per heavy atom. The van der Waals surface area contributed by atoms with Gasteiger partial charge in [0, 0.05) is 0 Å². The van der Waals surface area contributed by atoms with Crippen molar-refractivity contribution < 1.29 is 28.0 Å². The molecular formula is C24H36BFO5. The zero-order valence-electron chi connectivity index (χ0n) is 20.1. The normalized spacial score (nSPS) is 26.4. The van der Waals surface area contributed by atoms with E-state index in [-0.39, 0.29) is 41.4 Å². The number of carbonyl (C=O) groups is 1. The summed E-state index contributed by atoms with van der Waals surface area (Å²) in [7, 11) is 1.08. The van der Waals surface area contributed by atoms with E-state index >= 15 is 0 Å². The maximum absolute atomic E-state index is 14.6. The van der Waals surface area contributed by atoms with E-state index in [0.717, 1.165) is 24.8 Å². The molecule has 0 amide bonds. The molecule has 1 saturated carbocycles. The van der Waals surface area contributed by atoms with Crippen LogP contribution in [0, 0.1) is 11.2 Å². The Morgan fingerprint density at radius 2 is 2.00 bits per heavy atom. The van der Waals surface area contributed by atoms with Crippen LogP contribution in [-0.2, 0) is 20.5 Å². The van der Waals surface area contributed by atoms with E-state index in [1.165, 1.54) is 13.2 Å². The van der Waals surface area contributed by atoms with Crippen molar-refractivity contribution in [1.29, 1.82) is 0 Å². The molecule has 1 aromatic rings. The highest BCUT2D eigenvalue weighted by atomic mass is 19.1. The third-order valence-electron chi connectivity index (χ3n) is 6.28. The van der Waals surface area contributed by atoms with E-state index in [1.54, 1.807) is 26.8 Å². The van der Waals surface area contributed by atoms with E-state index in [1.807, 2.05) is 6.92 Å². The number of hydrogen-bond donors (Lipinski definition) is 0. The number of ether oxygens (including phenoxy) is 2. The molecule has 1 aromatic carbocycles. The van der Waals surface area contributed by atoms with Crippen molar-refractivity contribution in [2.75, 3.05) is 7.11 Å². The monoisotopic (exact) mass is 434 g/mol. The Bertz CT molecular complexity index is 834. The lowest BCUT2D eigenvalue weighted by molar-refractivity contribution is -0.0298. The molecule has 31 heavy (non-hydrogen) atoms. The van der Waals surface area contributed by atoms with Crippen molar-refractivity contribution in [3.05, 3.63) is 29.1 Å². The van der Waals surface area contributed by atoms with Gasteiger partial charge >= 0.3 is 13.1 Å². The molecule has 1 saturated heterocycles. The Labute approximate surface area is 186 Å². The van der Waals surface area contributed by atoms with Gasteiger partial charge in [-0.2, -0.15) is 0 Å². The van der Waals surface area contributed by atoms with Gasteiger partial charge in [-0.05, 0) is 76.2 Å². The highest BCUT2D eigenvalue weighted by molar-refractivity contribution is 6.47. The molecule has 5 nitrogen and oxygen atoms in total. The predicted octanol–water partition coefficient (Wildman–Crippen LogP) is 5.59. The Hall–Kier alpha value is -1.60. The molecule has 1 aliphatic carbocycles. The molecule has 0 bridgehead atoms. The summed E-state index contributed by atoms with van der Waals surface area (Å²) >= 11 is 0. The number of fused-ring (bicyclic) bond motifs is 1. The zero-order chi connectivity index (χ0) is 23.2. The average Bonchev–Trinajstić information content (AvgIpc) is 2.96. The standard InChI is InChI=1S/C24H36BFO5/c1-15(25-30-18-11-12-23(5,6)14-24(18,7)31-25)13-16-9-10-17(26)19(20(16)28-8)21(27)29-22(2,3)4/h9-10,15,18H,11-14H2,1-8H3/t15-,18?,24?/m1/s1. The SMILES string of the molecule is COc1c(C[C@@H](C)B2OC3CCC(C)(C)CC3(C)O2)ccc(F)c1C(=O)OC(C)(C)C. The Balaban J connectivity index is 1.80. The lowest BCUT2D eigenvalue weighted by Crippen LogP contribution is -2.45. The van der Waals surface area contributed by atoms with E-state index in [2.05, 4.69) is 20.8 Å². The molecule has 172 valence electrons. The third kappa shape index (κ3) is 5.25. The number of halogens is 1. The molecule has 0 radical (unpaired) electrons. The van der Waals surface area contributed by atoms with Crippen molar-refractivity contribution in [1.82, 2.24) is 0 Å². The van der Waals surface area contributed by atoms with E-state index < -0.39 is 17.4 Å². The number of methoxy groups -OCH3 is 1. The molecule has 7 heteroatoms. The summed E-state index contributed by atoms with van der Waals surface area (Å²) in [5, 5.41) is 0. The molecule has 0 N–H and O–H groups in total. The molecule has 2 aliphatic rings. The van der Waals surface area contributed by atoms with Crippen molar-refractivity contribution in [3.63, 3.8) is 0 Å². The second-order valence-electron chi connectivity index (χ2n) is 11.1. The first-order valence-corrected chi connectivity index (χ1v) is 11.2. The van der Waals surface area contributed by atoms with E-state index in [9.17, 15) is 9.18 Å². The van der Waals surface area contributed by atoms with E-state index in [4.69, 9.17) is 18.8 Å². The van der Waals surface area contributed by atoms with Gasteiger partial charge in [0.25, 0.3) is 0 Å². The molecule has 3 atom stereocenters. The molecule has 0 aromatic heterocycles. The minimum absolute atomic E-state index is 0.00335. The maximum Gasteiger partial charge on any atom is 0.461 e. The van der Waals surface area contributed by atoms with Crippen LogP contribution in [-0.4, -0.2) is 37.5 Å². The van der Waals surface area contributed by atoms with Gasteiger partial charge in [0.1, 0.15) is 22.7 Å². The summed E-state index contributed by atoms with van der Waals surface area (Å²) in [6.45, 7) is 14.0. The number of benzene rings is 1. The van der Waals surface area contributed by atoms with Crippen LogP contribution in [0.15, 0.2) is 12.1 Å².